The van der Waals surface area contributed by atoms with E-state index in [4.69, 9.17) is 4.98 Å². The molecular formula is C25H23FIN. The van der Waals surface area contributed by atoms with Gasteiger partial charge in [0.2, 0.25) is 0 Å². The van der Waals surface area contributed by atoms with Crippen molar-refractivity contribution in [3.8, 4) is 22.4 Å². The van der Waals surface area contributed by atoms with Crippen molar-refractivity contribution in [1.82, 2.24) is 4.98 Å². The quantitative estimate of drug-likeness (QED) is 0.350. The maximum atomic E-state index is 13.6. The highest BCUT2D eigenvalue weighted by atomic mass is 127. The molecule has 0 fully saturated rings. The standard InChI is InChI=1S/C25H23FIN/c1-16(2)24-22(14-15-27)23(18-10-12-19(26)13-11-18)21-9-5-7-17-6-3-4-8-20(17)25(21)28-24/h3-4,6,8,10-16H,5,7,9H2,1-2H3/b15-14+. The first-order valence-electron chi connectivity index (χ1n) is 9.78. The minimum Gasteiger partial charge on any atom is -0.252 e. The Bertz CT molecular complexity index is 1040. The van der Waals surface area contributed by atoms with Crippen LogP contribution in [0.3, 0.4) is 0 Å². The molecule has 3 heteroatoms. The Morgan fingerprint density at radius 3 is 2.50 bits per heavy atom. The number of halogens is 2. The minimum atomic E-state index is -0.204. The van der Waals surface area contributed by atoms with Gasteiger partial charge in [-0.2, -0.15) is 0 Å². The Morgan fingerprint density at radius 2 is 1.79 bits per heavy atom. The molecule has 0 spiro atoms. The summed E-state index contributed by atoms with van der Waals surface area (Å²) in [6.45, 7) is 4.38. The van der Waals surface area contributed by atoms with Crippen LogP contribution in [-0.4, -0.2) is 4.98 Å². The molecule has 0 N–H and O–H groups in total. The summed E-state index contributed by atoms with van der Waals surface area (Å²) in [5.74, 6) is 0.0896. The number of hydrogen-bond donors (Lipinski definition) is 0. The van der Waals surface area contributed by atoms with Crippen molar-refractivity contribution >= 4 is 28.7 Å². The molecule has 4 rings (SSSR count). The Balaban J connectivity index is 2.11. The second kappa shape index (κ2) is 8.16. The molecule has 0 aliphatic heterocycles. The van der Waals surface area contributed by atoms with Gasteiger partial charge >= 0.3 is 0 Å². The van der Waals surface area contributed by atoms with E-state index in [1.807, 2.05) is 16.2 Å². The second-order valence-electron chi connectivity index (χ2n) is 7.58. The molecule has 1 aliphatic carbocycles. The maximum absolute atomic E-state index is 13.6. The van der Waals surface area contributed by atoms with Gasteiger partial charge in [0.15, 0.2) is 0 Å². The van der Waals surface area contributed by atoms with Gasteiger partial charge in [0, 0.05) is 11.1 Å². The van der Waals surface area contributed by atoms with E-state index in [1.54, 1.807) is 12.1 Å². The molecule has 0 saturated heterocycles. The Kier molecular flexibility index (Phi) is 5.63. The fourth-order valence-corrected chi connectivity index (χ4v) is 4.53. The molecule has 0 amide bonds. The van der Waals surface area contributed by atoms with Gasteiger partial charge in [-0.25, -0.2) is 4.39 Å². The van der Waals surface area contributed by atoms with E-state index in [0.717, 1.165) is 41.8 Å². The first-order chi connectivity index (χ1) is 13.6. The molecule has 1 nitrogen and oxygen atoms in total. The van der Waals surface area contributed by atoms with Crippen molar-refractivity contribution in [3.63, 3.8) is 0 Å². The number of hydrogen-bond acceptors (Lipinski definition) is 1. The minimum absolute atomic E-state index is 0.204. The van der Waals surface area contributed by atoms with Gasteiger partial charge in [-0.05, 0) is 69.7 Å². The van der Waals surface area contributed by atoms with Crippen LogP contribution in [0.5, 0.6) is 0 Å². The van der Waals surface area contributed by atoms with Gasteiger partial charge in [0.1, 0.15) is 5.82 Å². The van der Waals surface area contributed by atoms with E-state index in [2.05, 4.69) is 66.8 Å². The summed E-state index contributed by atoms with van der Waals surface area (Å²) in [6, 6.07) is 15.5. The molecule has 1 aliphatic rings. The summed E-state index contributed by atoms with van der Waals surface area (Å²) in [5.41, 5.74) is 9.52. The monoisotopic (exact) mass is 483 g/mol. The first-order valence-corrected chi connectivity index (χ1v) is 11.0. The molecule has 0 bridgehead atoms. The van der Waals surface area contributed by atoms with Crippen LogP contribution in [0.25, 0.3) is 28.5 Å². The van der Waals surface area contributed by atoms with Crippen molar-refractivity contribution in [3.05, 3.63) is 80.8 Å². The van der Waals surface area contributed by atoms with Crippen molar-refractivity contribution in [2.75, 3.05) is 0 Å². The van der Waals surface area contributed by atoms with Gasteiger partial charge < -0.3 is 0 Å². The molecule has 28 heavy (non-hydrogen) atoms. The zero-order chi connectivity index (χ0) is 19.7. The van der Waals surface area contributed by atoms with E-state index in [-0.39, 0.29) is 5.82 Å². The smallest absolute Gasteiger partial charge is 0.123 e. The molecule has 3 aromatic rings. The van der Waals surface area contributed by atoms with Crippen LogP contribution in [0, 0.1) is 5.82 Å². The van der Waals surface area contributed by atoms with Crippen LogP contribution in [0.4, 0.5) is 4.39 Å². The number of benzene rings is 2. The van der Waals surface area contributed by atoms with Gasteiger partial charge in [-0.15, -0.1) is 0 Å². The normalized spacial score (nSPS) is 13.5. The van der Waals surface area contributed by atoms with Crippen LogP contribution in [0.1, 0.15) is 48.6 Å². The molecule has 0 saturated carbocycles. The number of pyridine rings is 1. The van der Waals surface area contributed by atoms with E-state index in [0.29, 0.717) is 5.92 Å². The average molecular weight is 483 g/mol. The number of fused-ring (bicyclic) bond motifs is 3. The topological polar surface area (TPSA) is 12.9 Å². The molecule has 0 unspecified atom stereocenters. The van der Waals surface area contributed by atoms with Crippen LogP contribution >= 0.6 is 22.6 Å². The third-order valence-electron chi connectivity index (χ3n) is 5.42. The lowest BCUT2D eigenvalue weighted by molar-refractivity contribution is 0.628. The number of rotatable bonds is 3. The van der Waals surface area contributed by atoms with Crippen molar-refractivity contribution in [2.45, 2.75) is 39.0 Å². The summed E-state index contributed by atoms with van der Waals surface area (Å²) in [5, 5.41) is 0. The number of nitrogens with zero attached hydrogens (tertiary/aromatic N) is 1. The molecular weight excluding hydrogens is 460 g/mol. The lowest BCUT2D eigenvalue weighted by Crippen LogP contribution is -2.06. The van der Waals surface area contributed by atoms with E-state index < -0.39 is 0 Å². The zero-order valence-corrected chi connectivity index (χ0v) is 18.3. The van der Waals surface area contributed by atoms with Crippen LogP contribution in [0.15, 0.2) is 52.6 Å². The third-order valence-corrected chi connectivity index (χ3v) is 5.78. The fraction of sp³-hybridized carbons (Fsp3) is 0.240. The van der Waals surface area contributed by atoms with Crippen LogP contribution in [-0.2, 0) is 12.8 Å². The average Bonchev–Trinajstić information content (AvgIpc) is 2.87. The number of aryl methyl sites for hydroxylation is 1. The molecule has 142 valence electrons. The second-order valence-corrected chi connectivity index (χ2v) is 8.30. The van der Waals surface area contributed by atoms with E-state index >= 15 is 0 Å². The lowest BCUT2D eigenvalue weighted by atomic mass is 9.87. The van der Waals surface area contributed by atoms with Crippen LogP contribution in [0.2, 0.25) is 0 Å². The zero-order valence-electron chi connectivity index (χ0n) is 16.2. The highest BCUT2D eigenvalue weighted by Gasteiger charge is 2.24. The summed E-state index contributed by atoms with van der Waals surface area (Å²) < 4.78 is 15.7. The Labute approximate surface area is 179 Å². The van der Waals surface area contributed by atoms with Crippen molar-refractivity contribution in [1.29, 1.82) is 0 Å². The van der Waals surface area contributed by atoms with Gasteiger partial charge in [0.05, 0.1) is 11.4 Å². The molecule has 0 atom stereocenters. The fourth-order valence-electron chi connectivity index (χ4n) is 4.17. The van der Waals surface area contributed by atoms with E-state index in [1.165, 1.54) is 22.3 Å². The molecule has 2 aromatic carbocycles. The third kappa shape index (κ3) is 3.52. The van der Waals surface area contributed by atoms with Crippen molar-refractivity contribution < 1.29 is 4.39 Å². The number of aromatic nitrogens is 1. The Morgan fingerprint density at radius 1 is 1.04 bits per heavy atom. The van der Waals surface area contributed by atoms with Gasteiger partial charge in [0.25, 0.3) is 0 Å². The predicted molar refractivity (Wildman–Crippen MR) is 124 cm³/mol. The largest absolute Gasteiger partial charge is 0.252 e. The maximum Gasteiger partial charge on any atom is 0.123 e. The van der Waals surface area contributed by atoms with E-state index in [9.17, 15) is 4.39 Å². The Hall–Kier alpha value is -2.01. The summed E-state index contributed by atoms with van der Waals surface area (Å²) >= 11 is 2.27. The highest BCUT2D eigenvalue weighted by molar-refractivity contribution is 14.1. The lowest BCUT2D eigenvalue weighted by Gasteiger charge is -2.21. The summed E-state index contributed by atoms with van der Waals surface area (Å²) in [7, 11) is 0. The van der Waals surface area contributed by atoms with Crippen LogP contribution < -0.4 is 0 Å². The van der Waals surface area contributed by atoms with Crippen molar-refractivity contribution in [2.24, 2.45) is 0 Å². The van der Waals surface area contributed by atoms with Gasteiger partial charge in [-0.1, -0.05) is 72.8 Å². The molecule has 0 radical (unpaired) electrons. The highest BCUT2D eigenvalue weighted by Crippen LogP contribution is 2.41. The summed E-state index contributed by atoms with van der Waals surface area (Å²) in [6.07, 6.45) is 5.28. The predicted octanol–water partition coefficient (Wildman–Crippen LogP) is 7.57. The molecule has 1 heterocycles. The molecule has 1 aromatic heterocycles. The summed E-state index contributed by atoms with van der Waals surface area (Å²) in [4.78, 5) is 5.21. The first kappa shape index (κ1) is 19.3. The van der Waals surface area contributed by atoms with Gasteiger partial charge in [-0.3, -0.25) is 4.98 Å². The SMILES string of the molecule is CC(C)c1nc2c(c(-c3ccc(F)cc3)c1/C=C/I)CCCc1ccccc1-2.